The van der Waals surface area contributed by atoms with Crippen LogP contribution in [0, 0.1) is 5.92 Å². The van der Waals surface area contributed by atoms with Crippen molar-refractivity contribution in [3.8, 4) is 0 Å². The lowest BCUT2D eigenvalue weighted by atomic mass is 9.99. The minimum atomic E-state index is -3.49. The molecule has 0 unspecified atom stereocenters. The maximum Gasteiger partial charge on any atom is 0.255 e. The molecule has 7 heteroatoms. The molecule has 1 atom stereocenters. The fourth-order valence-corrected chi connectivity index (χ4v) is 6.31. The molecule has 2 fully saturated rings. The van der Waals surface area contributed by atoms with Gasteiger partial charge >= 0.3 is 0 Å². The molecule has 4 rings (SSSR count). The van der Waals surface area contributed by atoms with Crippen LogP contribution in [0.15, 0.2) is 53.4 Å². The zero-order chi connectivity index (χ0) is 23.3. The van der Waals surface area contributed by atoms with E-state index in [0.717, 1.165) is 51.2 Å². The van der Waals surface area contributed by atoms with Gasteiger partial charge in [-0.3, -0.25) is 9.69 Å². The smallest absolute Gasteiger partial charge is 0.255 e. The van der Waals surface area contributed by atoms with E-state index in [9.17, 15) is 13.2 Å². The Hall–Kier alpha value is -2.22. The lowest BCUT2D eigenvalue weighted by Gasteiger charge is -2.30. The van der Waals surface area contributed by atoms with E-state index in [4.69, 9.17) is 0 Å². The second-order valence-corrected chi connectivity index (χ2v) is 11.4. The third kappa shape index (κ3) is 6.22. The third-order valence-corrected chi connectivity index (χ3v) is 8.59. The average Bonchev–Trinajstić information content (AvgIpc) is 3.10. The van der Waals surface area contributed by atoms with Crippen LogP contribution in [0.2, 0.25) is 0 Å². The largest absolute Gasteiger partial charge is 0.322 e. The Bertz CT molecular complexity index is 1030. The molecule has 2 aromatic rings. The summed E-state index contributed by atoms with van der Waals surface area (Å²) in [7, 11) is -3.49. The van der Waals surface area contributed by atoms with Crippen LogP contribution in [-0.4, -0.2) is 49.7 Å². The molecule has 0 aliphatic carbocycles. The van der Waals surface area contributed by atoms with Crippen molar-refractivity contribution < 1.29 is 13.2 Å². The van der Waals surface area contributed by atoms with Gasteiger partial charge in [-0.05, 0) is 80.1 Å². The Morgan fingerprint density at radius 1 is 0.909 bits per heavy atom. The third-order valence-electron chi connectivity index (χ3n) is 6.68. The van der Waals surface area contributed by atoms with Gasteiger partial charge in [-0.15, -0.1) is 0 Å². The van der Waals surface area contributed by atoms with E-state index in [1.165, 1.54) is 18.4 Å². The predicted molar refractivity (Wildman–Crippen MR) is 132 cm³/mol. The van der Waals surface area contributed by atoms with Crippen LogP contribution >= 0.6 is 0 Å². The number of sulfonamides is 1. The van der Waals surface area contributed by atoms with Gasteiger partial charge in [0.05, 0.1) is 4.90 Å². The Kier molecular flexibility index (Phi) is 7.83. The molecule has 2 heterocycles. The summed E-state index contributed by atoms with van der Waals surface area (Å²) in [6.45, 7) is 6.64. The second kappa shape index (κ2) is 10.8. The summed E-state index contributed by atoms with van der Waals surface area (Å²) in [4.78, 5) is 15.4. The van der Waals surface area contributed by atoms with Crippen LogP contribution in [0.3, 0.4) is 0 Å². The number of benzene rings is 2. The van der Waals surface area contributed by atoms with E-state index < -0.39 is 10.0 Å². The summed E-state index contributed by atoms with van der Waals surface area (Å²) in [5.74, 6) is 0.547. The van der Waals surface area contributed by atoms with Crippen LogP contribution in [0.5, 0.6) is 0 Å². The lowest BCUT2D eigenvalue weighted by Crippen LogP contribution is -2.33. The highest BCUT2D eigenvalue weighted by atomic mass is 32.2. The summed E-state index contributed by atoms with van der Waals surface area (Å²) in [5.41, 5.74) is 2.39. The van der Waals surface area contributed by atoms with Crippen molar-refractivity contribution in [3.63, 3.8) is 0 Å². The van der Waals surface area contributed by atoms with Crippen LogP contribution in [-0.2, 0) is 16.6 Å². The first-order valence-electron chi connectivity index (χ1n) is 12.1. The number of hydrogen-bond acceptors (Lipinski definition) is 4. The summed E-state index contributed by atoms with van der Waals surface area (Å²) in [6.07, 6.45) is 6.53. The molecule has 2 saturated heterocycles. The summed E-state index contributed by atoms with van der Waals surface area (Å²) in [5, 5.41) is 2.88. The van der Waals surface area contributed by atoms with Crippen LogP contribution in [0.4, 0.5) is 5.69 Å². The number of nitrogens with zero attached hydrogens (tertiary/aromatic N) is 2. The van der Waals surface area contributed by atoms with E-state index in [-0.39, 0.29) is 10.8 Å². The van der Waals surface area contributed by atoms with Crippen molar-refractivity contribution in [1.82, 2.24) is 9.21 Å². The van der Waals surface area contributed by atoms with Crippen LogP contribution in [0.25, 0.3) is 0 Å². The molecule has 0 saturated carbocycles. The summed E-state index contributed by atoms with van der Waals surface area (Å²) < 4.78 is 27.4. The molecule has 0 aromatic heterocycles. The number of hydrogen-bond donors (Lipinski definition) is 1. The zero-order valence-electron chi connectivity index (χ0n) is 19.5. The van der Waals surface area contributed by atoms with E-state index >= 15 is 0 Å². The van der Waals surface area contributed by atoms with Gasteiger partial charge in [0.2, 0.25) is 10.0 Å². The number of likely N-dealkylation sites (tertiary alicyclic amines) is 1. The first-order valence-corrected chi connectivity index (χ1v) is 13.6. The van der Waals surface area contributed by atoms with Crippen molar-refractivity contribution in [1.29, 1.82) is 0 Å². The normalized spacial score (nSPS) is 20.8. The Balaban J connectivity index is 1.35. The predicted octanol–water partition coefficient (Wildman–Crippen LogP) is 4.74. The number of rotatable bonds is 6. The molecule has 2 aromatic carbocycles. The minimum absolute atomic E-state index is 0.198. The number of carbonyl (C=O) groups excluding carboxylic acids is 1. The molecule has 1 N–H and O–H groups in total. The first kappa shape index (κ1) is 23.9. The van der Waals surface area contributed by atoms with Crippen molar-refractivity contribution in [3.05, 3.63) is 59.7 Å². The molecule has 0 bridgehead atoms. The topological polar surface area (TPSA) is 69.7 Å². The second-order valence-electron chi connectivity index (χ2n) is 9.48. The van der Waals surface area contributed by atoms with Gasteiger partial charge in [0.1, 0.15) is 0 Å². The fourth-order valence-electron chi connectivity index (χ4n) is 4.79. The van der Waals surface area contributed by atoms with E-state index in [1.54, 1.807) is 28.6 Å². The van der Waals surface area contributed by atoms with Crippen LogP contribution < -0.4 is 5.32 Å². The SMILES string of the molecule is C[C@@H]1CCCN(Cc2ccc(C(=O)Nc3ccc(S(=O)(=O)N4CCCCCC4)cc3)cc2)C1. The van der Waals surface area contributed by atoms with E-state index in [2.05, 4.69) is 17.1 Å². The Morgan fingerprint density at radius 3 is 2.21 bits per heavy atom. The van der Waals surface area contributed by atoms with Gasteiger partial charge in [0.25, 0.3) is 5.91 Å². The minimum Gasteiger partial charge on any atom is -0.322 e. The van der Waals surface area contributed by atoms with Crippen molar-refractivity contribution in [2.24, 2.45) is 5.92 Å². The molecule has 178 valence electrons. The molecule has 0 radical (unpaired) electrons. The van der Waals surface area contributed by atoms with Gasteiger partial charge in [-0.1, -0.05) is 31.9 Å². The van der Waals surface area contributed by atoms with Crippen molar-refractivity contribution >= 4 is 21.6 Å². The molecule has 2 aliphatic heterocycles. The molecular weight excluding hydrogens is 434 g/mol. The molecule has 1 amide bonds. The standard InChI is InChI=1S/C26H35N3O3S/c1-21-7-6-16-28(19-21)20-22-8-10-23(11-9-22)26(30)27-24-12-14-25(15-13-24)33(31,32)29-17-4-2-3-5-18-29/h8-15,21H,2-7,16-20H2,1H3,(H,27,30)/t21-/m1/s1. The quantitative estimate of drug-likeness (QED) is 0.664. The highest BCUT2D eigenvalue weighted by Gasteiger charge is 2.25. The molecule has 2 aliphatic rings. The maximum absolute atomic E-state index is 12.9. The lowest BCUT2D eigenvalue weighted by molar-refractivity contribution is 0.102. The van der Waals surface area contributed by atoms with Crippen molar-refractivity contribution in [2.75, 3.05) is 31.5 Å². The molecule has 33 heavy (non-hydrogen) atoms. The van der Waals surface area contributed by atoms with Gasteiger partial charge in [0.15, 0.2) is 0 Å². The summed E-state index contributed by atoms with van der Waals surface area (Å²) in [6, 6.07) is 14.2. The van der Waals surface area contributed by atoms with Gasteiger partial charge < -0.3 is 5.32 Å². The zero-order valence-corrected chi connectivity index (χ0v) is 20.3. The average molecular weight is 470 g/mol. The Morgan fingerprint density at radius 2 is 1.58 bits per heavy atom. The first-order chi connectivity index (χ1) is 15.9. The van der Waals surface area contributed by atoms with Crippen molar-refractivity contribution in [2.45, 2.75) is 56.9 Å². The van der Waals surface area contributed by atoms with Gasteiger partial charge in [0, 0.05) is 37.4 Å². The van der Waals surface area contributed by atoms with Gasteiger partial charge in [-0.2, -0.15) is 4.31 Å². The monoisotopic (exact) mass is 469 g/mol. The highest BCUT2D eigenvalue weighted by molar-refractivity contribution is 7.89. The highest BCUT2D eigenvalue weighted by Crippen LogP contribution is 2.22. The van der Waals surface area contributed by atoms with Gasteiger partial charge in [-0.25, -0.2) is 8.42 Å². The number of carbonyl (C=O) groups is 1. The number of anilines is 1. The molecule has 6 nitrogen and oxygen atoms in total. The maximum atomic E-state index is 12.9. The number of piperidine rings is 1. The molecular formula is C26H35N3O3S. The van der Waals surface area contributed by atoms with E-state index in [1.807, 2.05) is 24.3 Å². The number of nitrogens with one attached hydrogen (secondary N) is 1. The van der Waals surface area contributed by atoms with Crippen LogP contribution in [0.1, 0.15) is 61.4 Å². The summed E-state index contributed by atoms with van der Waals surface area (Å²) >= 11 is 0. The number of amides is 1. The Labute approximate surface area is 198 Å². The fraction of sp³-hybridized carbons (Fsp3) is 0.500. The van der Waals surface area contributed by atoms with E-state index in [0.29, 0.717) is 24.3 Å². The molecule has 0 spiro atoms.